The van der Waals surface area contributed by atoms with Gasteiger partial charge in [-0.2, -0.15) is 5.10 Å². The van der Waals surface area contributed by atoms with Gasteiger partial charge in [0.25, 0.3) is 0 Å². The zero-order chi connectivity index (χ0) is 24.1. The maximum atomic E-state index is 12.4. The fourth-order valence-corrected chi connectivity index (χ4v) is 3.92. The normalized spacial score (nSPS) is 12.5. The van der Waals surface area contributed by atoms with Crippen LogP contribution in [0.5, 0.6) is 0 Å². The first-order valence-corrected chi connectivity index (χ1v) is 11.7. The van der Waals surface area contributed by atoms with Crippen LogP contribution in [0.2, 0.25) is 5.02 Å². The molecule has 0 fully saturated rings. The highest BCUT2D eigenvalue weighted by Gasteiger charge is 2.20. The topological polar surface area (TPSA) is 69.0 Å². The molecule has 2 aromatic carbocycles. The number of nitrogens with one attached hydrogen (secondary N) is 1. The number of nitrogens with zero attached hydrogens (tertiary/aromatic N) is 3. The molecular weight excluding hydrogens is 448 g/mol. The molecule has 176 valence electrons. The number of rotatable bonds is 7. The predicted molar refractivity (Wildman–Crippen MR) is 136 cm³/mol. The highest BCUT2D eigenvalue weighted by molar-refractivity contribution is 6.30. The van der Waals surface area contributed by atoms with Gasteiger partial charge in [-0.05, 0) is 74.4 Å². The van der Waals surface area contributed by atoms with Gasteiger partial charge in [-0.1, -0.05) is 35.9 Å². The van der Waals surface area contributed by atoms with Crippen LogP contribution in [0.1, 0.15) is 32.8 Å². The molecule has 0 saturated carbocycles. The quantitative estimate of drug-likeness (QED) is 0.341. The van der Waals surface area contributed by atoms with E-state index in [-0.39, 0.29) is 6.04 Å². The highest BCUT2D eigenvalue weighted by Crippen LogP contribution is 2.24. The number of carbonyl (C=O) groups is 1. The van der Waals surface area contributed by atoms with Crippen molar-refractivity contribution in [3.8, 4) is 11.1 Å². The van der Waals surface area contributed by atoms with Crippen molar-refractivity contribution in [3.05, 3.63) is 83.9 Å². The molecular formula is C27H29ClN4O2. The molecule has 2 heterocycles. The van der Waals surface area contributed by atoms with Crippen LogP contribution in [-0.2, 0) is 17.7 Å². The monoisotopic (exact) mass is 476 g/mol. The zero-order valence-electron chi connectivity index (χ0n) is 19.7. The third-order valence-corrected chi connectivity index (χ3v) is 5.68. The summed E-state index contributed by atoms with van der Waals surface area (Å²) in [5.74, 6) is 0. The van der Waals surface area contributed by atoms with Crippen molar-refractivity contribution in [2.24, 2.45) is 0 Å². The van der Waals surface area contributed by atoms with Crippen LogP contribution in [0.4, 0.5) is 4.79 Å². The van der Waals surface area contributed by atoms with Crippen LogP contribution in [0, 0.1) is 0 Å². The van der Waals surface area contributed by atoms with E-state index in [0.29, 0.717) is 24.4 Å². The Morgan fingerprint density at radius 2 is 1.85 bits per heavy atom. The Balaban J connectivity index is 1.45. The van der Waals surface area contributed by atoms with Gasteiger partial charge < -0.3 is 10.1 Å². The van der Waals surface area contributed by atoms with Crippen LogP contribution < -0.4 is 5.32 Å². The minimum atomic E-state index is -0.554. The largest absolute Gasteiger partial charge is 0.444 e. The summed E-state index contributed by atoms with van der Waals surface area (Å²) in [5.41, 5.74) is 2.70. The van der Waals surface area contributed by atoms with E-state index in [1.54, 1.807) is 6.20 Å². The molecule has 0 spiro atoms. The number of amides is 1. The SMILES string of the molecule is CC(C)(C)OC(=O)NC(CCn1cc(-c2ccc3cnccc3c2)cn1)Cc1ccc(Cl)cc1. The minimum absolute atomic E-state index is 0.114. The summed E-state index contributed by atoms with van der Waals surface area (Å²) in [6.45, 7) is 6.23. The summed E-state index contributed by atoms with van der Waals surface area (Å²) in [6, 6.07) is 15.9. The molecule has 6 nitrogen and oxygen atoms in total. The molecule has 0 saturated heterocycles. The number of hydrogen-bond donors (Lipinski definition) is 1. The first-order chi connectivity index (χ1) is 16.2. The van der Waals surface area contributed by atoms with E-state index in [9.17, 15) is 4.79 Å². The lowest BCUT2D eigenvalue weighted by Gasteiger charge is -2.24. The minimum Gasteiger partial charge on any atom is -0.444 e. The van der Waals surface area contributed by atoms with Crippen molar-refractivity contribution in [1.29, 1.82) is 0 Å². The number of pyridine rings is 1. The second-order valence-electron chi connectivity index (χ2n) is 9.39. The van der Waals surface area contributed by atoms with Crippen molar-refractivity contribution < 1.29 is 9.53 Å². The van der Waals surface area contributed by atoms with E-state index in [1.165, 1.54) is 0 Å². The molecule has 7 heteroatoms. The number of carbonyl (C=O) groups excluding carboxylic acids is 1. The van der Waals surface area contributed by atoms with Crippen LogP contribution in [0.3, 0.4) is 0 Å². The molecule has 1 amide bonds. The summed E-state index contributed by atoms with van der Waals surface area (Å²) < 4.78 is 7.39. The van der Waals surface area contributed by atoms with Gasteiger partial charge in [0.2, 0.25) is 0 Å². The van der Waals surface area contributed by atoms with Gasteiger partial charge in [0.15, 0.2) is 0 Å². The zero-order valence-corrected chi connectivity index (χ0v) is 20.4. The van der Waals surface area contributed by atoms with Crippen LogP contribution in [-0.4, -0.2) is 32.5 Å². The maximum absolute atomic E-state index is 12.4. The molecule has 4 aromatic rings. The highest BCUT2D eigenvalue weighted by atomic mass is 35.5. The summed E-state index contributed by atoms with van der Waals surface area (Å²) in [6.07, 6.45) is 8.52. The number of fused-ring (bicyclic) bond motifs is 1. The number of aryl methyl sites for hydroxylation is 1. The lowest BCUT2D eigenvalue weighted by atomic mass is 10.0. The van der Waals surface area contributed by atoms with Gasteiger partial charge in [0.1, 0.15) is 5.60 Å². The predicted octanol–water partition coefficient (Wildman–Crippen LogP) is 6.28. The molecule has 0 bridgehead atoms. The molecule has 1 unspecified atom stereocenters. The van der Waals surface area contributed by atoms with E-state index in [2.05, 4.69) is 33.6 Å². The number of halogens is 1. The number of ether oxygens (including phenoxy) is 1. The lowest BCUT2D eigenvalue weighted by molar-refractivity contribution is 0.0500. The van der Waals surface area contributed by atoms with Crippen molar-refractivity contribution >= 4 is 28.5 Å². The van der Waals surface area contributed by atoms with Crippen molar-refractivity contribution in [1.82, 2.24) is 20.1 Å². The Morgan fingerprint density at radius 3 is 2.62 bits per heavy atom. The number of hydrogen-bond acceptors (Lipinski definition) is 4. The van der Waals surface area contributed by atoms with E-state index in [4.69, 9.17) is 16.3 Å². The molecule has 2 aromatic heterocycles. The second-order valence-corrected chi connectivity index (χ2v) is 9.83. The van der Waals surface area contributed by atoms with Crippen molar-refractivity contribution in [2.45, 2.75) is 51.8 Å². The Labute approximate surface area is 204 Å². The molecule has 0 aliphatic carbocycles. The van der Waals surface area contributed by atoms with Gasteiger partial charge in [-0.25, -0.2) is 4.79 Å². The number of aromatic nitrogens is 3. The average Bonchev–Trinajstić information content (AvgIpc) is 3.26. The molecule has 0 radical (unpaired) electrons. The smallest absolute Gasteiger partial charge is 0.407 e. The summed E-state index contributed by atoms with van der Waals surface area (Å²) >= 11 is 6.03. The van der Waals surface area contributed by atoms with Crippen molar-refractivity contribution in [3.63, 3.8) is 0 Å². The average molecular weight is 477 g/mol. The number of benzene rings is 2. The third-order valence-electron chi connectivity index (χ3n) is 5.43. The maximum Gasteiger partial charge on any atom is 0.407 e. The standard InChI is InChI=1S/C27H29ClN4O2/c1-27(2,3)34-26(33)31-25(14-19-4-8-24(28)9-5-19)11-13-32-18-23(17-30-32)20-6-7-22-16-29-12-10-21(22)15-20/h4-10,12,15-18,25H,11,13-14H2,1-3H3,(H,31,33). The van der Waals surface area contributed by atoms with Gasteiger partial charge in [0, 0.05) is 47.1 Å². The fourth-order valence-electron chi connectivity index (χ4n) is 3.79. The molecule has 4 rings (SSSR count). The first kappa shape index (κ1) is 23.8. The molecule has 0 aliphatic rings. The van der Waals surface area contributed by atoms with Gasteiger partial charge in [0.05, 0.1) is 6.20 Å². The Morgan fingerprint density at radius 1 is 1.06 bits per heavy atom. The Kier molecular flexibility index (Phi) is 7.17. The molecule has 0 aliphatic heterocycles. The molecule has 1 N–H and O–H groups in total. The van der Waals surface area contributed by atoms with Crippen LogP contribution >= 0.6 is 11.6 Å². The van der Waals surface area contributed by atoms with Crippen LogP contribution in [0.25, 0.3) is 21.9 Å². The summed E-state index contributed by atoms with van der Waals surface area (Å²) in [4.78, 5) is 16.6. The number of alkyl carbamates (subject to hydrolysis) is 1. The van der Waals surface area contributed by atoms with Crippen molar-refractivity contribution in [2.75, 3.05) is 0 Å². The summed E-state index contributed by atoms with van der Waals surface area (Å²) in [7, 11) is 0. The fraction of sp³-hybridized carbons (Fsp3) is 0.296. The van der Waals surface area contributed by atoms with Gasteiger partial charge in [-0.15, -0.1) is 0 Å². The van der Waals surface area contributed by atoms with E-state index < -0.39 is 11.7 Å². The van der Waals surface area contributed by atoms with Crippen LogP contribution in [0.15, 0.2) is 73.3 Å². The Hall–Kier alpha value is -3.38. The summed E-state index contributed by atoms with van der Waals surface area (Å²) in [5, 5.41) is 10.5. The second kappa shape index (κ2) is 10.3. The molecule has 1 atom stereocenters. The third kappa shape index (κ3) is 6.58. The van der Waals surface area contributed by atoms with E-state index >= 15 is 0 Å². The molecule has 34 heavy (non-hydrogen) atoms. The lowest BCUT2D eigenvalue weighted by Crippen LogP contribution is -2.40. The van der Waals surface area contributed by atoms with E-state index in [1.807, 2.05) is 74.4 Å². The first-order valence-electron chi connectivity index (χ1n) is 11.4. The van der Waals surface area contributed by atoms with Gasteiger partial charge >= 0.3 is 6.09 Å². The van der Waals surface area contributed by atoms with E-state index in [0.717, 1.165) is 27.5 Å². The Bertz CT molecular complexity index is 1260. The van der Waals surface area contributed by atoms with Gasteiger partial charge in [-0.3, -0.25) is 9.67 Å².